The number of methoxy groups -OCH3 is 1. The number of fused-ring (bicyclic) bond motifs is 3. The Balaban J connectivity index is 1.52. The number of hydrogen-bond acceptors (Lipinski definition) is 5. The van der Waals surface area contributed by atoms with Gasteiger partial charge in [-0.3, -0.25) is 0 Å². The van der Waals surface area contributed by atoms with Crippen molar-refractivity contribution >= 4 is 33.8 Å². The van der Waals surface area contributed by atoms with Gasteiger partial charge in [0.15, 0.2) is 5.16 Å². The standard InChI is InChI=1S/C23H22N2O3S/c1-27-10-9-25-20-8-3-2-7-19(20)24-23(25)29-14-17-13-22(26)28-21-12-16-6-4-5-15(16)11-18(17)21/h2-3,7-8,11-13H,4-6,9-10,14H2,1H3. The predicted molar refractivity (Wildman–Crippen MR) is 116 cm³/mol. The van der Waals surface area contributed by atoms with Gasteiger partial charge in [0.25, 0.3) is 0 Å². The molecule has 5 rings (SSSR count). The number of thioether (sulfide) groups is 1. The van der Waals surface area contributed by atoms with Gasteiger partial charge in [-0.2, -0.15) is 0 Å². The first-order valence-electron chi connectivity index (χ1n) is 9.88. The molecule has 0 N–H and O–H groups in total. The minimum atomic E-state index is -0.293. The fourth-order valence-corrected chi connectivity index (χ4v) is 5.15. The van der Waals surface area contributed by atoms with Crippen LogP contribution >= 0.6 is 11.8 Å². The van der Waals surface area contributed by atoms with Gasteiger partial charge in [-0.15, -0.1) is 0 Å². The van der Waals surface area contributed by atoms with Gasteiger partial charge in [0.1, 0.15) is 5.58 Å². The molecule has 148 valence electrons. The number of rotatable bonds is 6. The summed E-state index contributed by atoms with van der Waals surface area (Å²) >= 11 is 1.65. The van der Waals surface area contributed by atoms with Crippen molar-refractivity contribution in [3.63, 3.8) is 0 Å². The largest absolute Gasteiger partial charge is 0.423 e. The number of hydrogen-bond donors (Lipinski definition) is 0. The van der Waals surface area contributed by atoms with Crippen LogP contribution in [0, 0.1) is 0 Å². The van der Waals surface area contributed by atoms with Crippen molar-refractivity contribution in [2.75, 3.05) is 13.7 Å². The van der Waals surface area contributed by atoms with E-state index in [9.17, 15) is 4.79 Å². The van der Waals surface area contributed by atoms with E-state index in [4.69, 9.17) is 14.1 Å². The first kappa shape index (κ1) is 18.5. The third-order valence-electron chi connectivity index (χ3n) is 5.54. The highest BCUT2D eigenvalue weighted by molar-refractivity contribution is 7.98. The second-order valence-corrected chi connectivity index (χ2v) is 8.32. The van der Waals surface area contributed by atoms with Gasteiger partial charge in [0, 0.05) is 30.9 Å². The fourth-order valence-electron chi connectivity index (χ4n) is 4.12. The highest BCUT2D eigenvalue weighted by Crippen LogP contribution is 2.32. The van der Waals surface area contributed by atoms with Crippen LogP contribution < -0.4 is 5.63 Å². The summed E-state index contributed by atoms with van der Waals surface area (Å²) in [6.07, 6.45) is 3.34. The Morgan fingerprint density at radius 3 is 2.86 bits per heavy atom. The molecule has 5 nitrogen and oxygen atoms in total. The van der Waals surface area contributed by atoms with Gasteiger partial charge in [0.05, 0.1) is 17.6 Å². The molecule has 0 bridgehead atoms. The van der Waals surface area contributed by atoms with Crippen molar-refractivity contribution in [1.82, 2.24) is 9.55 Å². The molecular formula is C23H22N2O3S. The van der Waals surface area contributed by atoms with Crippen LogP contribution in [-0.4, -0.2) is 23.3 Å². The maximum absolute atomic E-state index is 12.2. The van der Waals surface area contributed by atoms with Gasteiger partial charge in [-0.05, 0) is 60.2 Å². The van der Waals surface area contributed by atoms with Gasteiger partial charge in [-0.25, -0.2) is 9.78 Å². The van der Waals surface area contributed by atoms with E-state index >= 15 is 0 Å². The summed E-state index contributed by atoms with van der Waals surface area (Å²) in [6.45, 7) is 1.36. The summed E-state index contributed by atoms with van der Waals surface area (Å²) < 4.78 is 13.0. The minimum Gasteiger partial charge on any atom is -0.423 e. The molecule has 1 aliphatic rings. The summed E-state index contributed by atoms with van der Waals surface area (Å²) in [4.78, 5) is 17.0. The first-order valence-corrected chi connectivity index (χ1v) is 10.9. The smallest absolute Gasteiger partial charge is 0.336 e. The van der Waals surface area contributed by atoms with E-state index < -0.39 is 0 Å². The van der Waals surface area contributed by atoms with Crippen LogP contribution in [-0.2, 0) is 29.9 Å². The van der Waals surface area contributed by atoms with Crippen LogP contribution in [0.5, 0.6) is 0 Å². The number of ether oxygens (including phenoxy) is 1. The SMILES string of the molecule is COCCn1c(SCc2cc(=O)oc3cc4c(cc23)CCC4)nc2ccccc21. The second kappa shape index (κ2) is 7.69. The van der Waals surface area contributed by atoms with Gasteiger partial charge in [-0.1, -0.05) is 23.9 Å². The summed E-state index contributed by atoms with van der Waals surface area (Å²) in [7, 11) is 1.71. The molecule has 0 fully saturated rings. The fraction of sp³-hybridized carbons (Fsp3) is 0.304. The molecule has 0 saturated heterocycles. The number of imidazole rings is 1. The van der Waals surface area contributed by atoms with Crippen LogP contribution in [0.1, 0.15) is 23.1 Å². The molecule has 2 heterocycles. The third kappa shape index (κ3) is 3.47. The molecule has 0 aliphatic heterocycles. The van der Waals surface area contributed by atoms with E-state index in [0.29, 0.717) is 17.9 Å². The lowest BCUT2D eigenvalue weighted by Crippen LogP contribution is -2.06. The normalized spacial score (nSPS) is 13.4. The molecule has 0 amide bonds. The van der Waals surface area contributed by atoms with Crippen molar-refractivity contribution < 1.29 is 9.15 Å². The van der Waals surface area contributed by atoms with Crippen LogP contribution in [0.3, 0.4) is 0 Å². The zero-order chi connectivity index (χ0) is 19.8. The van der Waals surface area contributed by atoms with Crippen molar-refractivity contribution in [1.29, 1.82) is 0 Å². The zero-order valence-corrected chi connectivity index (χ0v) is 17.1. The Morgan fingerprint density at radius 2 is 2.00 bits per heavy atom. The maximum Gasteiger partial charge on any atom is 0.336 e. The average Bonchev–Trinajstić information content (AvgIpc) is 3.32. The van der Waals surface area contributed by atoms with Crippen LogP contribution in [0.25, 0.3) is 22.0 Å². The molecule has 2 aromatic heterocycles. The Hall–Kier alpha value is -2.57. The van der Waals surface area contributed by atoms with Crippen molar-refractivity contribution in [3.8, 4) is 0 Å². The van der Waals surface area contributed by atoms with Crippen LogP contribution in [0.2, 0.25) is 0 Å². The lowest BCUT2D eigenvalue weighted by molar-refractivity contribution is 0.186. The zero-order valence-electron chi connectivity index (χ0n) is 16.3. The Labute approximate surface area is 172 Å². The molecule has 0 radical (unpaired) electrons. The number of benzene rings is 2. The summed E-state index contributed by atoms with van der Waals surface area (Å²) in [5.41, 5.74) is 6.17. The van der Waals surface area contributed by atoms with Crippen molar-refractivity contribution in [3.05, 3.63) is 69.6 Å². The average molecular weight is 407 g/mol. The third-order valence-corrected chi connectivity index (χ3v) is 6.56. The van der Waals surface area contributed by atoms with E-state index in [2.05, 4.69) is 22.8 Å². The molecule has 2 aromatic carbocycles. The molecule has 0 saturated carbocycles. The molecule has 29 heavy (non-hydrogen) atoms. The van der Waals surface area contributed by atoms with Gasteiger partial charge >= 0.3 is 5.63 Å². The number of aromatic nitrogens is 2. The van der Waals surface area contributed by atoms with Gasteiger partial charge in [0.2, 0.25) is 0 Å². The van der Waals surface area contributed by atoms with E-state index in [-0.39, 0.29) is 5.63 Å². The monoisotopic (exact) mass is 406 g/mol. The van der Waals surface area contributed by atoms with Crippen LogP contribution in [0.15, 0.2) is 56.8 Å². The highest BCUT2D eigenvalue weighted by atomic mass is 32.2. The molecule has 0 unspecified atom stereocenters. The van der Waals surface area contributed by atoms with E-state index in [1.54, 1.807) is 24.9 Å². The lowest BCUT2D eigenvalue weighted by atomic mass is 10.0. The van der Waals surface area contributed by atoms with E-state index in [1.807, 2.05) is 18.2 Å². The lowest BCUT2D eigenvalue weighted by Gasteiger charge is -2.10. The number of para-hydroxylation sites is 2. The number of aryl methyl sites for hydroxylation is 2. The first-order chi connectivity index (χ1) is 14.2. The molecule has 0 atom stereocenters. The van der Waals surface area contributed by atoms with Crippen molar-refractivity contribution in [2.24, 2.45) is 0 Å². The Kier molecular flexibility index (Phi) is 4.89. The Morgan fingerprint density at radius 1 is 1.17 bits per heavy atom. The van der Waals surface area contributed by atoms with Crippen LogP contribution in [0.4, 0.5) is 0 Å². The number of nitrogens with zero attached hydrogens (tertiary/aromatic N) is 2. The molecular weight excluding hydrogens is 384 g/mol. The van der Waals surface area contributed by atoms with E-state index in [0.717, 1.165) is 46.5 Å². The maximum atomic E-state index is 12.2. The van der Waals surface area contributed by atoms with E-state index in [1.165, 1.54) is 17.5 Å². The second-order valence-electron chi connectivity index (χ2n) is 7.38. The predicted octanol–water partition coefficient (Wildman–Crippen LogP) is 4.57. The Bertz CT molecular complexity index is 1260. The van der Waals surface area contributed by atoms with Gasteiger partial charge < -0.3 is 13.7 Å². The molecule has 6 heteroatoms. The highest BCUT2D eigenvalue weighted by Gasteiger charge is 2.16. The summed E-state index contributed by atoms with van der Waals surface area (Å²) in [5.74, 6) is 0.664. The summed E-state index contributed by atoms with van der Waals surface area (Å²) in [6, 6.07) is 14.0. The quantitative estimate of drug-likeness (QED) is 0.347. The minimum absolute atomic E-state index is 0.293. The molecule has 1 aliphatic carbocycles. The topological polar surface area (TPSA) is 57.3 Å². The molecule has 4 aromatic rings. The summed E-state index contributed by atoms with van der Waals surface area (Å²) in [5, 5.41) is 1.98. The van der Waals surface area contributed by atoms with Crippen molar-refractivity contribution in [2.45, 2.75) is 36.7 Å². The molecule has 0 spiro atoms.